The molecule has 140 valence electrons. The number of cyclic esters (lactones) is 2. The number of benzene rings is 1. The summed E-state index contributed by atoms with van der Waals surface area (Å²) in [5.41, 5.74) is 0.242. The van der Waals surface area contributed by atoms with Crippen LogP contribution in [0, 0.1) is 0 Å². The first kappa shape index (κ1) is 18.7. The highest BCUT2D eigenvalue weighted by Gasteiger charge is 2.38. The summed E-state index contributed by atoms with van der Waals surface area (Å²) in [6.45, 7) is 2.94. The predicted octanol–water partition coefficient (Wildman–Crippen LogP) is 3.20. The second kappa shape index (κ2) is 7.24. The number of hydrogen-bond acceptors (Lipinski definition) is 8. The fraction of sp³-hybridized carbons (Fsp3) is 0.211. The van der Waals surface area contributed by atoms with Crippen LogP contribution in [-0.4, -0.2) is 30.8 Å². The summed E-state index contributed by atoms with van der Waals surface area (Å²) in [5, 5.41) is 1.77. The second-order valence-electron chi connectivity index (χ2n) is 6.01. The van der Waals surface area contributed by atoms with E-state index in [1.807, 2.05) is 0 Å². The summed E-state index contributed by atoms with van der Waals surface area (Å²) in [4.78, 5) is 36.6. The lowest BCUT2D eigenvalue weighted by atomic mass is 10.1. The molecule has 0 N–H and O–H groups in total. The topological polar surface area (TPSA) is 88.1 Å². The monoisotopic (exact) mass is 388 g/mol. The summed E-state index contributed by atoms with van der Waals surface area (Å²) in [5.74, 6) is -2.87. The van der Waals surface area contributed by atoms with Crippen molar-refractivity contribution in [1.29, 1.82) is 0 Å². The number of carbonyl (C=O) groups excluding carboxylic acids is 3. The van der Waals surface area contributed by atoms with Gasteiger partial charge in [0.2, 0.25) is 0 Å². The van der Waals surface area contributed by atoms with E-state index in [1.165, 1.54) is 50.5 Å². The number of ether oxygens (including phenoxy) is 4. The number of hydrogen-bond donors (Lipinski definition) is 0. The van der Waals surface area contributed by atoms with Crippen LogP contribution in [0.25, 0.3) is 6.08 Å². The average Bonchev–Trinajstić information content (AvgIpc) is 3.13. The molecule has 2 aromatic rings. The van der Waals surface area contributed by atoms with Crippen LogP contribution in [0.4, 0.5) is 0 Å². The lowest BCUT2D eigenvalue weighted by molar-refractivity contribution is -0.222. The standard InChI is InChI=1S/C19H16O7S/c1-19(2)25-16(20)12(17(21)26-19)9-11-6-7-13(14(10-11)23-3)24-18(22)15-5-4-8-27-15/h4-10H,1-3H3. The Morgan fingerprint density at radius 3 is 2.41 bits per heavy atom. The first-order chi connectivity index (χ1) is 12.8. The normalized spacial score (nSPS) is 15.6. The van der Waals surface area contributed by atoms with Crippen LogP contribution in [0.1, 0.15) is 29.1 Å². The van der Waals surface area contributed by atoms with Gasteiger partial charge in [0.15, 0.2) is 11.5 Å². The minimum Gasteiger partial charge on any atom is -0.493 e. The van der Waals surface area contributed by atoms with E-state index in [0.29, 0.717) is 10.4 Å². The molecule has 0 saturated carbocycles. The van der Waals surface area contributed by atoms with E-state index < -0.39 is 23.7 Å². The van der Waals surface area contributed by atoms with E-state index in [-0.39, 0.29) is 17.1 Å². The third-order valence-corrected chi connectivity index (χ3v) is 4.39. The van der Waals surface area contributed by atoms with E-state index in [2.05, 4.69) is 0 Å². The van der Waals surface area contributed by atoms with Crippen LogP contribution in [0.3, 0.4) is 0 Å². The Morgan fingerprint density at radius 2 is 1.81 bits per heavy atom. The quantitative estimate of drug-likeness (QED) is 0.344. The summed E-state index contributed by atoms with van der Waals surface area (Å²) in [6.07, 6.45) is 1.33. The van der Waals surface area contributed by atoms with Gasteiger partial charge in [0.05, 0.1) is 7.11 Å². The lowest BCUT2D eigenvalue weighted by Gasteiger charge is -2.29. The van der Waals surface area contributed by atoms with Gasteiger partial charge in [-0.15, -0.1) is 11.3 Å². The molecular formula is C19H16O7S. The molecule has 1 fully saturated rings. The molecule has 1 aromatic carbocycles. The third kappa shape index (κ3) is 4.17. The molecule has 0 radical (unpaired) electrons. The van der Waals surface area contributed by atoms with Gasteiger partial charge >= 0.3 is 17.9 Å². The van der Waals surface area contributed by atoms with E-state index in [4.69, 9.17) is 18.9 Å². The molecule has 1 aliphatic rings. The van der Waals surface area contributed by atoms with Crippen molar-refractivity contribution < 1.29 is 33.3 Å². The van der Waals surface area contributed by atoms with Gasteiger partial charge in [-0.3, -0.25) is 0 Å². The van der Waals surface area contributed by atoms with Crippen LogP contribution in [0.15, 0.2) is 41.3 Å². The Labute approximate surface area is 159 Å². The average molecular weight is 388 g/mol. The molecule has 1 aliphatic heterocycles. The molecule has 7 nitrogen and oxygen atoms in total. The zero-order chi connectivity index (χ0) is 19.6. The van der Waals surface area contributed by atoms with Crippen molar-refractivity contribution in [2.75, 3.05) is 7.11 Å². The molecule has 1 aromatic heterocycles. The smallest absolute Gasteiger partial charge is 0.353 e. The lowest BCUT2D eigenvalue weighted by Crippen LogP contribution is -2.41. The predicted molar refractivity (Wildman–Crippen MR) is 96.5 cm³/mol. The van der Waals surface area contributed by atoms with Crippen LogP contribution in [0.2, 0.25) is 0 Å². The molecule has 0 atom stereocenters. The summed E-state index contributed by atoms with van der Waals surface area (Å²) in [6, 6.07) is 8.02. The molecule has 1 saturated heterocycles. The largest absolute Gasteiger partial charge is 0.493 e. The minimum atomic E-state index is -1.30. The van der Waals surface area contributed by atoms with Crippen molar-refractivity contribution in [3.05, 3.63) is 51.7 Å². The Balaban J connectivity index is 1.85. The van der Waals surface area contributed by atoms with Gasteiger partial charge < -0.3 is 18.9 Å². The van der Waals surface area contributed by atoms with E-state index >= 15 is 0 Å². The van der Waals surface area contributed by atoms with Crippen LogP contribution < -0.4 is 9.47 Å². The molecule has 0 bridgehead atoms. The van der Waals surface area contributed by atoms with E-state index in [9.17, 15) is 14.4 Å². The fourth-order valence-corrected chi connectivity index (χ4v) is 2.95. The van der Waals surface area contributed by atoms with Gasteiger partial charge in [-0.2, -0.15) is 0 Å². The maximum Gasteiger partial charge on any atom is 0.353 e. The first-order valence-corrected chi connectivity index (χ1v) is 8.79. The fourth-order valence-electron chi connectivity index (χ4n) is 2.35. The molecule has 0 spiro atoms. The minimum absolute atomic E-state index is 0.216. The van der Waals surface area contributed by atoms with Gasteiger partial charge in [0.25, 0.3) is 5.79 Å². The SMILES string of the molecule is COc1cc(C=C2C(=O)OC(C)(C)OC2=O)ccc1OC(=O)c1cccs1. The van der Waals surface area contributed by atoms with Crippen molar-refractivity contribution in [2.24, 2.45) is 0 Å². The zero-order valence-electron chi connectivity index (χ0n) is 14.8. The number of rotatable bonds is 4. The van der Waals surface area contributed by atoms with Crippen LogP contribution in [0.5, 0.6) is 11.5 Å². The Morgan fingerprint density at radius 1 is 1.11 bits per heavy atom. The van der Waals surface area contributed by atoms with E-state index in [0.717, 1.165) is 0 Å². The van der Waals surface area contributed by atoms with Crippen molar-refractivity contribution in [3.8, 4) is 11.5 Å². The van der Waals surface area contributed by atoms with Crippen molar-refractivity contribution in [3.63, 3.8) is 0 Å². The highest BCUT2D eigenvalue weighted by atomic mass is 32.1. The number of methoxy groups -OCH3 is 1. The zero-order valence-corrected chi connectivity index (χ0v) is 15.6. The molecule has 0 unspecified atom stereocenters. The van der Waals surface area contributed by atoms with Gasteiger partial charge in [-0.1, -0.05) is 12.1 Å². The van der Waals surface area contributed by atoms with Crippen LogP contribution >= 0.6 is 11.3 Å². The maximum absolute atomic E-state index is 12.1. The molecular weight excluding hydrogens is 372 g/mol. The summed E-state index contributed by atoms with van der Waals surface area (Å²) < 4.78 is 20.7. The second-order valence-corrected chi connectivity index (χ2v) is 6.96. The van der Waals surface area contributed by atoms with Gasteiger partial charge in [0.1, 0.15) is 10.5 Å². The third-order valence-electron chi connectivity index (χ3n) is 3.54. The van der Waals surface area contributed by atoms with Gasteiger partial charge in [0, 0.05) is 13.8 Å². The number of thiophene rings is 1. The van der Waals surface area contributed by atoms with Crippen molar-refractivity contribution in [2.45, 2.75) is 19.6 Å². The molecule has 0 amide bonds. The van der Waals surface area contributed by atoms with Crippen LogP contribution in [-0.2, 0) is 19.1 Å². The molecule has 3 rings (SSSR count). The van der Waals surface area contributed by atoms with Gasteiger partial charge in [-0.05, 0) is 35.2 Å². The Kier molecular flexibility index (Phi) is 5.00. The maximum atomic E-state index is 12.1. The van der Waals surface area contributed by atoms with Crippen molar-refractivity contribution in [1.82, 2.24) is 0 Å². The summed E-state index contributed by atoms with van der Waals surface area (Å²) in [7, 11) is 1.42. The highest BCUT2D eigenvalue weighted by molar-refractivity contribution is 7.12. The van der Waals surface area contributed by atoms with E-state index in [1.54, 1.807) is 23.6 Å². The Bertz CT molecular complexity index is 904. The first-order valence-electron chi connectivity index (χ1n) is 7.91. The molecule has 27 heavy (non-hydrogen) atoms. The number of esters is 3. The molecule has 2 heterocycles. The summed E-state index contributed by atoms with van der Waals surface area (Å²) >= 11 is 1.26. The highest BCUT2D eigenvalue weighted by Crippen LogP contribution is 2.31. The van der Waals surface area contributed by atoms with Gasteiger partial charge in [-0.25, -0.2) is 14.4 Å². The number of carbonyl (C=O) groups is 3. The molecule has 8 heteroatoms. The van der Waals surface area contributed by atoms with Crippen molar-refractivity contribution >= 4 is 35.3 Å². The molecule has 0 aliphatic carbocycles. The Hall–Kier alpha value is -3.13.